The molecule has 0 fully saturated rings. The molecule has 1 atom stereocenters. The summed E-state index contributed by atoms with van der Waals surface area (Å²) in [4.78, 5) is 34.5. The Bertz CT molecular complexity index is 886. The maximum atomic E-state index is 14.1. The molecular formula is C20H20F2N2O4. The second-order valence-electron chi connectivity index (χ2n) is 6.27. The third-order valence-electron chi connectivity index (χ3n) is 3.94. The molecule has 0 radical (unpaired) electrons. The fourth-order valence-electron chi connectivity index (χ4n) is 2.72. The van der Waals surface area contributed by atoms with Crippen molar-refractivity contribution in [2.75, 3.05) is 5.32 Å². The molecule has 0 heterocycles. The topological polar surface area (TPSA) is 95.5 Å². The number of carboxylic acids is 1. The molecule has 2 aromatic carbocycles. The molecule has 6 nitrogen and oxygen atoms in total. The molecule has 2 amide bonds. The van der Waals surface area contributed by atoms with Gasteiger partial charge in [-0.15, -0.1) is 0 Å². The van der Waals surface area contributed by atoms with Crippen LogP contribution in [0.2, 0.25) is 0 Å². The van der Waals surface area contributed by atoms with Crippen LogP contribution < -0.4 is 10.6 Å². The van der Waals surface area contributed by atoms with Crippen LogP contribution in [0.15, 0.2) is 42.5 Å². The fraction of sp³-hybridized carbons (Fsp3) is 0.250. The lowest BCUT2D eigenvalue weighted by molar-refractivity contribution is -0.137. The molecular weight excluding hydrogens is 370 g/mol. The number of carboxylic acid groups (broad SMARTS) is 1. The average Bonchev–Trinajstić information content (AvgIpc) is 2.59. The van der Waals surface area contributed by atoms with Gasteiger partial charge >= 0.3 is 5.97 Å². The number of hydrogen-bond acceptors (Lipinski definition) is 3. The zero-order valence-corrected chi connectivity index (χ0v) is 15.2. The van der Waals surface area contributed by atoms with Gasteiger partial charge in [0, 0.05) is 30.7 Å². The van der Waals surface area contributed by atoms with E-state index in [4.69, 9.17) is 5.11 Å². The highest BCUT2D eigenvalue weighted by atomic mass is 19.1. The molecule has 0 aliphatic carbocycles. The van der Waals surface area contributed by atoms with Crippen molar-refractivity contribution in [3.63, 3.8) is 0 Å². The summed E-state index contributed by atoms with van der Waals surface area (Å²) in [6, 6.07) is 8.66. The predicted octanol–water partition coefficient (Wildman–Crippen LogP) is 3.19. The van der Waals surface area contributed by atoms with Crippen molar-refractivity contribution in [2.45, 2.75) is 32.2 Å². The minimum atomic E-state index is -0.965. The minimum Gasteiger partial charge on any atom is -0.481 e. The van der Waals surface area contributed by atoms with E-state index in [0.29, 0.717) is 18.2 Å². The Morgan fingerprint density at radius 1 is 1.11 bits per heavy atom. The van der Waals surface area contributed by atoms with E-state index >= 15 is 0 Å². The molecule has 1 unspecified atom stereocenters. The quantitative estimate of drug-likeness (QED) is 0.645. The first-order valence-electron chi connectivity index (χ1n) is 8.57. The van der Waals surface area contributed by atoms with Crippen molar-refractivity contribution in [2.24, 2.45) is 0 Å². The van der Waals surface area contributed by atoms with E-state index < -0.39 is 35.5 Å². The van der Waals surface area contributed by atoms with Crippen molar-refractivity contribution in [1.82, 2.24) is 5.32 Å². The van der Waals surface area contributed by atoms with Crippen molar-refractivity contribution < 1.29 is 28.3 Å². The van der Waals surface area contributed by atoms with Crippen LogP contribution in [0.1, 0.15) is 36.9 Å². The highest BCUT2D eigenvalue weighted by Gasteiger charge is 2.21. The van der Waals surface area contributed by atoms with E-state index in [0.717, 1.165) is 11.6 Å². The largest absolute Gasteiger partial charge is 0.481 e. The van der Waals surface area contributed by atoms with Crippen LogP contribution in [0.25, 0.3) is 0 Å². The lowest BCUT2D eigenvalue weighted by Crippen LogP contribution is -2.30. The van der Waals surface area contributed by atoms with Gasteiger partial charge in [-0.1, -0.05) is 18.2 Å². The van der Waals surface area contributed by atoms with Gasteiger partial charge in [-0.05, 0) is 30.2 Å². The fourth-order valence-corrected chi connectivity index (χ4v) is 2.72. The first kappa shape index (κ1) is 21.0. The molecule has 148 valence electrons. The van der Waals surface area contributed by atoms with Gasteiger partial charge in [0.15, 0.2) is 0 Å². The van der Waals surface area contributed by atoms with Gasteiger partial charge in [0.25, 0.3) is 0 Å². The number of amides is 2. The molecule has 2 rings (SSSR count). The average molecular weight is 390 g/mol. The first-order valence-corrected chi connectivity index (χ1v) is 8.57. The second kappa shape index (κ2) is 9.59. The van der Waals surface area contributed by atoms with Crippen LogP contribution in [0.5, 0.6) is 0 Å². The number of carbonyl (C=O) groups is 3. The minimum absolute atomic E-state index is 0.00181. The van der Waals surface area contributed by atoms with Crippen molar-refractivity contribution >= 4 is 23.5 Å². The summed E-state index contributed by atoms with van der Waals surface area (Å²) >= 11 is 0. The Morgan fingerprint density at radius 3 is 2.50 bits per heavy atom. The molecule has 2 aromatic rings. The summed E-state index contributed by atoms with van der Waals surface area (Å²) in [6.07, 6.45) is 0.0156. The molecule has 8 heteroatoms. The Morgan fingerprint density at radius 2 is 1.86 bits per heavy atom. The van der Waals surface area contributed by atoms with Crippen LogP contribution >= 0.6 is 0 Å². The lowest BCUT2D eigenvalue weighted by atomic mass is 10.0. The highest BCUT2D eigenvalue weighted by Crippen LogP contribution is 2.22. The lowest BCUT2D eigenvalue weighted by Gasteiger charge is -2.19. The molecule has 0 aliphatic heterocycles. The number of aliphatic carboxylic acids is 1. The van der Waals surface area contributed by atoms with Crippen LogP contribution in [0, 0.1) is 11.6 Å². The molecule has 28 heavy (non-hydrogen) atoms. The first-order chi connectivity index (χ1) is 13.2. The zero-order valence-electron chi connectivity index (χ0n) is 15.2. The van der Waals surface area contributed by atoms with E-state index in [1.165, 1.54) is 13.0 Å². The van der Waals surface area contributed by atoms with Gasteiger partial charge < -0.3 is 15.7 Å². The van der Waals surface area contributed by atoms with E-state index in [1.807, 2.05) is 0 Å². The second-order valence-corrected chi connectivity index (χ2v) is 6.27. The summed E-state index contributed by atoms with van der Waals surface area (Å²) in [5, 5.41) is 13.9. The number of nitrogens with one attached hydrogen (secondary N) is 2. The smallest absolute Gasteiger partial charge is 0.303 e. The van der Waals surface area contributed by atoms with E-state index in [-0.39, 0.29) is 18.4 Å². The normalized spacial score (nSPS) is 11.5. The van der Waals surface area contributed by atoms with Crippen LogP contribution in [0.3, 0.4) is 0 Å². The molecule has 0 spiro atoms. The maximum Gasteiger partial charge on any atom is 0.303 e. The van der Waals surface area contributed by atoms with Crippen LogP contribution in [-0.4, -0.2) is 22.9 Å². The van der Waals surface area contributed by atoms with Gasteiger partial charge in [-0.3, -0.25) is 14.4 Å². The summed E-state index contributed by atoms with van der Waals surface area (Å²) in [7, 11) is 0. The molecule has 0 bridgehead atoms. The number of anilines is 1. The summed E-state index contributed by atoms with van der Waals surface area (Å²) in [5.41, 5.74) is 1.19. The molecule has 0 saturated carbocycles. The highest BCUT2D eigenvalue weighted by molar-refractivity contribution is 5.91. The molecule has 0 aliphatic rings. The van der Waals surface area contributed by atoms with Crippen LogP contribution in [0.4, 0.5) is 14.5 Å². The van der Waals surface area contributed by atoms with Crippen molar-refractivity contribution in [3.05, 3.63) is 65.2 Å². The number of rotatable bonds is 8. The Balaban J connectivity index is 2.10. The number of benzene rings is 2. The van der Waals surface area contributed by atoms with E-state index in [9.17, 15) is 23.2 Å². The Labute approximate surface area is 160 Å². The Kier molecular flexibility index (Phi) is 7.20. The van der Waals surface area contributed by atoms with Crippen molar-refractivity contribution in [3.8, 4) is 0 Å². The third kappa shape index (κ3) is 6.46. The molecule has 3 N–H and O–H groups in total. The Hall–Kier alpha value is -3.29. The number of hydrogen-bond donors (Lipinski definition) is 3. The maximum absolute atomic E-state index is 14.1. The predicted molar refractivity (Wildman–Crippen MR) is 98.6 cm³/mol. The zero-order chi connectivity index (χ0) is 20.7. The molecule has 0 aromatic heterocycles. The number of halogens is 2. The van der Waals surface area contributed by atoms with Crippen molar-refractivity contribution in [1.29, 1.82) is 0 Å². The van der Waals surface area contributed by atoms with Gasteiger partial charge in [-0.2, -0.15) is 0 Å². The van der Waals surface area contributed by atoms with Gasteiger partial charge in [-0.25, -0.2) is 8.78 Å². The van der Waals surface area contributed by atoms with Gasteiger partial charge in [0.1, 0.15) is 11.6 Å². The van der Waals surface area contributed by atoms with Gasteiger partial charge in [0.2, 0.25) is 11.8 Å². The van der Waals surface area contributed by atoms with Gasteiger partial charge in [0.05, 0.1) is 12.5 Å². The number of carbonyl (C=O) groups excluding carboxylic acids is 2. The summed E-state index contributed by atoms with van der Waals surface area (Å²) in [5.74, 6) is -3.49. The van der Waals surface area contributed by atoms with Crippen LogP contribution in [-0.2, 0) is 20.8 Å². The molecule has 0 saturated heterocycles. The SMILES string of the molecule is CC(=O)NC(CC(=O)Nc1cccc(CCC(=O)O)c1)c1ccc(F)cc1F. The number of aryl methyl sites for hydroxylation is 1. The summed E-state index contributed by atoms with van der Waals surface area (Å²) < 4.78 is 27.2. The monoisotopic (exact) mass is 390 g/mol. The third-order valence-corrected chi connectivity index (χ3v) is 3.94. The van der Waals surface area contributed by atoms with E-state index in [2.05, 4.69) is 10.6 Å². The standard InChI is InChI=1S/C20H20F2N2O4/c1-12(25)23-18(16-7-6-14(21)10-17(16)22)11-19(26)24-15-4-2-3-13(9-15)5-8-20(27)28/h2-4,6-7,9-10,18H,5,8,11H2,1H3,(H,23,25)(H,24,26)(H,27,28). The van der Waals surface area contributed by atoms with E-state index in [1.54, 1.807) is 24.3 Å². The summed E-state index contributed by atoms with van der Waals surface area (Å²) in [6.45, 7) is 1.23.